The fraction of sp³-hybridized carbons (Fsp3) is 0.389. The smallest absolute Gasteiger partial charge is 0.225 e. The molecule has 1 saturated heterocycles. The largest absolute Gasteiger partial charge is 0.349 e. The number of benzene rings is 1. The molecule has 6 heteroatoms. The van der Waals surface area contributed by atoms with E-state index < -0.39 is 0 Å². The van der Waals surface area contributed by atoms with Gasteiger partial charge in [0, 0.05) is 24.0 Å². The summed E-state index contributed by atoms with van der Waals surface area (Å²) in [6.07, 6.45) is 0.278. The van der Waals surface area contributed by atoms with Crippen LogP contribution in [0.25, 0.3) is 0 Å². The molecule has 126 valence electrons. The molecule has 1 aliphatic heterocycles. The number of aryl methyl sites for hydroxylation is 1. The Kier molecular flexibility index (Phi) is 4.94. The van der Waals surface area contributed by atoms with E-state index in [0.717, 1.165) is 16.3 Å². The fourth-order valence-electron chi connectivity index (χ4n) is 2.98. The van der Waals surface area contributed by atoms with Gasteiger partial charge in [0.05, 0.1) is 18.5 Å². The summed E-state index contributed by atoms with van der Waals surface area (Å²) in [5, 5.41) is 5.75. The highest BCUT2D eigenvalue weighted by Crippen LogP contribution is 2.28. The van der Waals surface area contributed by atoms with E-state index in [2.05, 4.69) is 10.3 Å². The van der Waals surface area contributed by atoms with Crippen molar-refractivity contribution in [3.63, 3.8) is 0 Å². The number of nitrogens with zero attached hydrogens (tertiary/aromatic N) is 2. The number of carbonyl (C=O) groups excluding carboxylic acids is 2. The lowest BCUT2D eigenvalue weighted by atomic mass is 10.1. The first-order valence-corrected chi connectivity index (χ1v) is 8.95. The average Bonchev–Trinajstić information content (AvgIpc) is 3.18. The van der Waals surface area contributed by atoms with Crippen LogP contribution < -0.4 is 5.32 Å². The summed E-state index contributed by atoms with van der Waals surface area (Å²) in [6.45, 7) is 4.83. The number of amides is 2. The van der Waals surface area contributed by atoms with Gasteiger partial charge in [0.15, 0.2) is 0 Å². The molecule has 0 radical (unpaired) electrons. The average molecular weight is 343 g/mol. The van der Waals surface area contributed by atoms with Crippen LogP contribution in [-0.2, 0) is 16.1 Å². The Bertz CT molecular complexity index is 729. The third-order valence-corrected chi connectivity index (χ3v) is 5.33. The Hall–Kier alpha value is -2.21. The zero-order chi connectivity index (χ0) is 17.1. The number of likely N-dealkylation sites (tertiary alicyclic amines) is 1. The van der Waals surface area contributed by atoms with Crippen LogP contribution in [0.5, 0.6) is 0 Å². The lowest BCUT2D eigenvalue weighted by molar-refractivity contribution is -0.130. The van der Waals surface area contributed by atoms with E-state index in [1.807, 2.05) is 49.6 Å². The third kappa shape index (κ3) is 3.64. The van der Waals surface area contributed by atoms with Crippen molar-refractivity contribution in [1.29, 1.82) is 0 Å². The summed E-state index contributed by atoms with van der Waals surface area (Å²) in [5.74, 6) is -0.319. The molecule has 0 saturated carbocycles. The molecular weight excluding hydrogens is 322 g/mol. The van der Waals surface area contributed by atoms with Crippen LogP contribution in [0, 0.1) is 12.8 Å². The zero-order valence-corrected chi connectivity index (χ0v) is 14.7. The van der Waals surface area contributed by atoms with E-state index in [1.165, 1.54) is 11.3 Å². The molecule has 0 spiro atoms. The highest BCUT2D eigenvalue weighted by atomic mass is 32.1. The van der Waals surface area contributed by atoms with Gasteiger partial charge in [-0.1, -0.05) is 30.3 Å². The minimum Gasteiger partial charge on any atom is -0.349 e. The van der Waals surface area contributed by atoms with Gasteiger partial charge in [-0.25, -0.2) is 4.98 Å². The van der Waals surface area contributed by atoms with Gasteiger partial charge in [0.25, 0.3) is 0 Å². The van der Waals surface area contributed by atoms with Gasteiger partial charge >= 0.3 is 0 Å². The Balaban J connectivity index is 1.58. The zero-order valence-electron chi connectivity index (χ0n) is 13.9. The van der Waals surface area contributed by atoms with Crippen LogP contribution in [0.3, 0.4) is 0 Å². The summed E-state index contributed by atoms with van der Waals surface area (Å²) >= 11 is 1.53. The van der Waals surface area contributed by atoms with Gasteiger partial charge in [-0.3, -0.25) is 9.59 Å². The quantitative estimate of drug-likeness (QED) is 0.908. The molecule has 2 atom stereocenters. The lowest BCUT2D eigenvalue weighted by Crippen LogP contribution is -2.33. The highest BCUT2D eigenvalue weighted by Gasteiger charge is 2.36. The molecule has 0 unspecified atom stereocenters. The molecule has 2 heterocycles. The normalized spacial score (nSPS) is 18.7. The molecule has 2 aromatic rings. The second kappa shape index (κ2) is 7.13. The molecule has 1 N–H and O–H groups in total. The Morgan fingerprint density at radius 1 is 1.42 bits per heavy atom. The first kappa shape index (κ1) is 16.6. The topological polar surface area (TPSA) is 62.3 Å². The maximum Gasteiger partial charge on any atom is 0.225 e. The number of rotatable bonds is 5. The van der Waals surface area contributed by atoms with Crippen LogP contribution in [-0.4, -0.2) is 28.2 Å². The van der Waals surface area contributed by atoms with E-state index in [1.54, 1.807) is 4.90 Å². The van der Waals surface area contributed by atoms with Crippen molar-refractivity contribution in [2.75, 3.05) is 6.54 Å². The van der Waals surface area contributed by atoms with Crippen LogP contribution in [0.1, 0.15) is 35.7 Å². The van der Waals surface area contributed by atoms with Crippen LogP contribution >= 0.6 is 11.3 Å². The maximum atomic E-state index is 12.4. The molecule has 0 bridgehead atoms. The molecule has 1 aliphatic rings. The van der Waals surface area contributed by atoms with E-state index >= 15 is 0 Å². The predicted octanol–water partition coefficient (Wildman–Crippen LogP) is 2.68. The van der Waals surface area contributed by atoms with Crippen LogP contribution in [0.15, 0.2) is 35.7 Å². The summed E-state index contributed by atoms with van der Waals surface area (Å²) in [4.78, 5) is 30.8. The van der Waals surface area contributed by atoms with Crippen molar-refractivity contribution < 1.29 is 9.59 Å². The van der Waals surface area contributed by atoms with E-state index in [0.29, 0.717) is 13.1 Å². The summed E-state index contributed by atoms with van der Waals surface area (Å²) in [6, 6.07) is 9.89. The molecule has 24 heavy (non-hydrogen) atoms. The third-order valence-electron chi connectivity index (χ3n) is 4.36. The summed E-state index contributed by atoms with van der Waals surface area (Å²) in [7, 11) is 0. The Labute approximate surface area is 145 Å². The molecule has 1 aromatic heterocycles. The standard InChI is InChI=1S/C18H21N3O2S/c1-12-11-24-16(20-12)9-19-18(23)15-8-17(22)21(10-15)13(2)14-6-4-3-5-7-14/h3-7,11,13,15H,8-10H2,1-2H3,(H,19,23)/t13-,15-/m1/s1. The number of carbonyl (C=O) groups is 2. The van der Waals surface area contributed by atoms with Crippen molar-refractivity contribution in [1.82, 2.24) is 15.2 Å². The fourth-order valence-corrected chi connectivity index (χ4v) is 3.70. The molecule has 3 rings (SSSR count). The molecule has 2 amide bonds. The first-order chi connectivity index (χ1) is 11.5. The molecule has 1 fully saturated rings. The molecule has 5 nitrogen and oxygen atoms in total. The van der Waals surface area contributed by atoms with Crippen molar-refractivity contribution in [3.8, 4) is 0 Å². The van der Waals surface area contributed by atoms with E-state index in [-0.39, 0.29) is 30.2 Å². The van der Waals surface area contributed by atoms with Crippen molar-refractivity contribution in [2.45, 2.75) is 32.9 Å². The van der Waals surface area contributed by atoms with E-state index in [4.69, 9.17) is 0 Å². The van der Waals surface area contributed by atoms with Crippen LogP contribution in [0.2, 0.25) is 0 Å². The van der Waals surface area contributed by atoms with Crippen molar-refractivity contribution >= 4 is 23.2 Å². The number of hydrogen-bond acceptors (Lipinski definition) is 4. The maximum absolute atomic E-state index is 12.4. The molecular formula is C18H21N3O2S. The highest BCUT2D eigenvalue weighted by molar-refractivity contribution is 7.09. The minimum atomic E-state index is -0.287. The number of thiazole rings is 1. The second-order valence-corrected chi connectivity index (χ2v) is 7.08. The van der Waals surface area contributed by atoms with E-state index in [9.17, 15) is 9.59 Å². The van der Waals surface area contributed by atoms with Gasteiger partial charge in [0.1, 0.15) is 5.01 Å². The monoisotopic (exact) mass is 343 g/mol. The van der Waals surface area contributed by atoms with Gasteiger partial charge in [-0.2, -0.15) is 0 Å². The van der Waals surface area contributed by atoms with Gasteiger partial charge in [-0.05, 0) is 19.4 Å². The Morgan fingerprint density at radius 3 is 2.83 bits per heavy atom. The van der Waals surface area contributed by atoms with Gasteiger partial charge < -0.3 is 10.2 Å². The molecule has 1 aromatic carbocycles. The van der Waals surface area contributed by atoms with Crippen molar-refractivity contribution in [3.05, 3.63) is 52.0 Å². The molecule has 0 aliphatic carbocycles. The Morgan fingerprint density at radius 2 is 2.17 bits per heavy atom. The SMILES string of the molecule is Cc1csc(CNC(=O)[C@@H]2CC(=O)N([C@H](C)c3ccccc3)C2)n1. The summed E-state index contributed by atoms with van der Waals surface area (Å²) < 4.78 is 0. The van der Waals surface area contributed by atoms with Crippen molar-refractivity contribution in [2.24, 2.45) is 5.92 Å². The minimum absolute atomic E-state index is 0.0156. The van der Waals surface area contributed by atoms with Crippen LogP contribution in [0.4, 0.5) is 0 Å². The number of hydrogen-bond donors (Lipinski definition) is 1. The van der Waals surface area contributed by atoms with Gasteiger partial charge in [-0.15, -0.1) is 11.3 Å². The first-order valence-electron chi connectivity index (χ1n) is 8.07. The van der Waals surface area contributed by atoms with Gasteiger partial charge in [0.2, 0.25) is 11.8 Å². The second-order valence-electron chi connectivity index (χ2n) is 6.13. The predicted molar refractivity (Wildman–Crippen MR) is 93.4 cm³/mol. The summed E-state index contributed by atoms with van der Waals surface area (Å²) in [5.41, 5.74) is 2.05. The lowest BCUT2D eigenvalue weighted by Gasteiger charge is -2.25. The number of aromatic nitrogens is 1. The number of nitrogens with one attached hydrogen (secondary N) is 1.